The molecule has 1 unspecified atom stereocenters. The van der Waals surface area contributed by atoms with Crippen molar-refractivity contribution in [3.63, 3.8) is 0 Å². The van der Waals surface area contributed by atoms with Crippen LogP contribution in [0.4, 0.5) is 0 Å². The van der Waals surface area contributed by atoms with Gasteiger partial charge in [-0.05, 0) is 12.8 Å². The Morgan fingerprint density at radius 2 is 2.09 bits per heavy atom. The molecule has 0 aliphatic carbocycles. The SMILES string of the molecule is N#CCCCCS(=O)CCN. The van der Waals surface area contributed by atoms with Crippen molar-refractivity contribution in [2.75, 3.05) is 18.1 Å². The van der Waals surface area contributed by atoms with Crippen molar-refractivity contribution in [3.8, 4) is 6.07 Å². The first-order chi connectivity index (χ1) is 5.31. The summed E-state index contributed by atoms with van der Waals surface area (Å²) < 4.78 is 11.0. The Morgan fingerprint density at radius 3 is 2.64 bits per heavy atom. The number of unbranched alkanes of at least 4 members (excludes halogenated alkanes) is 2. The van der Waals surface area contributed by atoms with Crippen LogP contribution >= 0.6 is 0 Å². The molecule has 3 nitrogen and oxygen atoms in total. The van der Waals surface area contributed by atoms with Crippen molar-refractivity contribution < 1.29 is 4.21 Å². The molecule has 0 spiro atoms. The zero-order valence-electron chi connectivity index (χ0n) is 6.58. The number of hydrogen-bond donors (Lipinski definition) is 1. The van der Waals surface area contributed by atoms with E-state index in [9.17, 15) is 4.21 Å². The van der Waals surface area contributed by atoms with Gasteiger partial charge in [-0.25, -0.2) is 0 Å². The lowest BCUT2D eigenvalue weighted by atomic mass is 10.3. The fraction of sp³-hybridized carbons (Fsp3) is 0.857. The Bertz CT molecular complexity index is 153. The Morgan fingerprint density at radius 1 is 1.36 bits per heavy atom. The molecular weight excluding hydrogens is 160 g/mol. The van der Waals surface area contributed by atoms with E-state index < -0.39 is 10.8 Å². The molecule has 0 heterocycles. The van der Waals surface area contributed by atoms with Crippen molar-refractivity contribution >= 4 is 10.8 Å². The number of nitriles is 1. The monoisotopic (exact) mass is 174 g/mol. The molecule has 0 aromatic rings. The van der Waals surface area contributed by atoms with Crippen LogP contribution in [0.15, 0.2) is 0 Å². The lowest BCUT2D eigenvalue weighted by molar-refractivity contribution is 0.678. The molecule has 2 N–H and O–H groups in total. The van der Waals surface area contributed by atoms with Crippen LogP contribution in [0.3, 0.4) is 0 Å². The largest absolute Gasteiger partial charge is 0.330 e. The van der Waals surface area contributed by atoms with E-state index in [0.717, 1.165) is 12.8 Å². The second-order valence-corrected chi connectivity index (χ2v) is 3.95. The van der Waals surface area contributed by atoms with E-state index in [1.54, 1.807) is 0 Å². The highest BCUT2D eigenvalue weighted by molar-refractivity contribution is 7.84. The van der Waals surface area contributed by atoms with Gasteiger partial charge in [-0.2, -0.15) is 5.26 Å². The Hall–Kier alpha value is -0.400. The third-order valence-corrected chi connectivity index (χ3v) is 2.69. The summed E-state index contributed by atoms with van der Waals surface area (Å²) in [5, 5.41) is 8.19. The molecule has 0 bridgehead atoms. The average molecular weight is 174 g/mol. The van der Waals surface area contributed by atoms with Crippen molar-refractivity contribution in [1.82, 2.24) is 0 Å². The zero-order valence-corrected chi connectivity index (χ0v) is 7.40. The number of nitrogens with two attached hydrogens (primary N) is 1. The molecular formula is C7H14N2OS. The summed E-state index contributed by atoms with van der Waals surface area (Å²) in [5.74, 6) is 1.28. The third-order valence-electron chi connectivity index (χ3n) is 1.26. The van der Waals surface area contributed by atoms with Crippen LogP contribution in [0.2, 0.25) is 0 Å². The molecule has 11 heavy (non-hydrogen) atoms. The minimum atomic E-state index is -0.758. The summed E-state index contributed by atoms with van der Waals surface area (Å²) in [6.45, 7) is 0.491. The number of rotatable bonds is 6. The van der Waals surface area contributed by atoms with Crippen LogP contribution in [0.1, 0.15) is 19.3 Å². The van der Waals surface area contributed by atoms with Gasteiger partial charge in [-0.15, -0.1) is 0 Å². The van der Waals surface area contributed by atoms with Crippen LogP contribution in [0, 0.1) is 11.3 Å². The predicted octanol–water partition coefficient (Wildman–Crippen LogP) is 0.388. The van der Waals surface area contributed by atoms with Gasteiger partial charge in [0, 0.05) is 35.3 Å². The summed E-state index contributed by atoms with van der Waals surface area (Å²) in [4.78, 5) is 0. The summed E-state index contributed by atoms with van der Waals surface area (Å²) in [6.07, 6.45) is 2.30. The lowest BCUT2D eigenvalue weighted by Crippen LogP contribution is -2.12. The first-order valence-corrected chi connectivity index (χ1v) is 5.22. The van der Waals surface area contributed by atoms with Crippen LogP contribution in [-0.4, -0.2) is 22.3 Å². The molecule has 0 rings (SSSR count). The van der Waals surface area contributed by atoms with Crippen molar-refractivity contribution in [2.24, 2.45) is 5.73 Å². The Labute approximate surface area is 70.0 Å². The molecule has 1 atom stereocenters. The minimum Gasteiger partial charge on any atom is -0.330 e. The van der Waals surface area contributed by atoms with Crippen molar-refractivity contribution in [2.45, 2.75) is 19.3 Å². The van der Waals surface area contributed by atoms with E-state index in [2.05, 4.69) is 0 Å². The van der Waals surface area contributed by atoms with Gasteiger partial charge in [0.25, 0.3) is 0 Å². The van der Waals surface area contributed by atoms with Gasteiger partial charge in [0.1, 0.15) is 0 Å². The maximum Gasteiger partial charge on any atom is 0.0621 e. The summed E-state index contributed by atoms with van der Waals surface area (Å²) in [6, 6.07) is 2.05. The Balaban J connectivity index is 3.12. The van der Waals surface area contributed by atoms with Crippen LogP contribution < -0.4 is 5.73 Å². The third kappa shape index (κ3) is 7.50. The van der Waals surface area contributed by atoms with E-state index in [0.29, 0.717) is 24.5 Å². The lowest BCUT2D eigenvalue weighted by Gasteiger charge is -1.97. The zero-order chi connectivity index (χ0) is 8.53. The normalized spacial score (nSPS) is 12.4. The molecule has 0 radical (unpaired) electrons. The molecule has 0 aliphatic rings. The molecule has 0 saturated carbocycles. The minimum absolute atomic E-state index is 0.491. The quantitative estimate of drug-likeness (QED) is 0.592. The molecule has 0 fully saturated rings. The average Bonchev–Trinajstić information content (AvgIpc) is 1.99. The molecule has 0 saturated heterocycles. The molecule has 4 heteroatoms. The van der Waals surface area contributed by atoms with Gasteiger partial charge in [0.15, 0.2) is 0 Å². The molecule has 64 valence electrons. The second kappa shape index (κ2) is 7.70. The standard InChI is InChI=1S/C7H14N2OS/c8-4-2-1-3-6-11(10)7-5-9/h1-3,5-7,9H2. The summed E-state index contributed by atoms with van der Waals surface area (Å²) in [7, 11) is -0.758. The maximum absolute atomic E-state index is 11.0. The smallest absolute Gasteiger partial charge is 0.0621 e. The predicted molar refractivity (Wildman–Crippen MR) is 46.4 cm³/mol. The van der Waals surface area contributed by atoms with Gasteiger partial charge < -0.3 is 5.73 Å². The van der Waals surface area contributed by atoms with E-state index in [4.69, 9.17) is 11.0 Å². The van der Waals surface area contributed by atoms with Crippen molar-refractivity contribution in [3.05, 3.63) is 0 Å². The second-order valence-electron chi connectivity index (χ2n) is 2.25. The topological polar surface area (TPSA) is 66.9 Å². The van der Waals surface area contributed by atoms with Gasteiger partial charge in [-0.1, -0.05) is 0 Å². The van der Waals surface area contributed by atoms with Gasteiger partial charge >= 0.3 is 0 Å². The fourth-order valence-corrected chi connectivity index (χ4v) is 1.69. The van der Waals surface area contributed by atoms with Crippen LogP contribution in [0.5, 0.6) is 0 Å². The number of nitrogens with zero attached hydrogens (tertiary/aromatic N) is 1. The highest BCUT2D eigenvalue weighted by Gasteiger charge is 1.96. The van der Waals surface area contributed by atoms with Crippen LogP contribution in [-0.2, 0) is 10.8 Å². The van der Waals surface area contributed by atoms with E-state index in [1.165, 1.54) is 0 Å². The highest BCUT2D eigenvalue weighted by Crippen LogP contribution is 1.95. The molecule has 0 aromatic carbocycles. The summed E-state index contributed by atoms with van der Waals surface area (Å²) in [5.41, 5.74) is 5.21. The first-order valence-electron chi connectivity index (χ1n) is 3.73. The van der Waals surface area contributed by atoms with E-state index in [-0.39, 0.29) is 0 Å². The summed E-state index contributed by atoms with van der Waals surface area (Å²) >= 11 is 0. The fourth-order valence-electron chi connectivity index (χ4n) is 0.701. The van der Waals surface area contributed by atoms with Crippen molar-refractivity contribution in [1.29, 1.82) is 5.26 Å². The highest BCUT2D eigenvalue weighted by atomic mass is 32.2. The van der Waals surface area contributed by atoms with Gasteiger partial charge in [0.2, 0.25) is 0 Å². The molecule has 0 aromatic heterocycles. The van der Waals surface area contributed by atoms with Crippen LogP contribution in [0.25, 0.3) is 0 Å². The Kier molecular flexibility index (Phi) is 7.42. The van der Waals surface area contributed by atoms with E-state index >= 15 is 0 Å². The van der Waals surface area contributed by atoms with Gasteiger partial charge in [0.05, 0.1) is 6.07 Å². The molecule has 0 aliphatic heterocycles. The van der Waals surface area contributed by atoms with E-state index in [1.807, 2.05) is 6.07 Å². The first kappa shape index (κ1) is 10.6. The maximum atomic E-state index is 11.0. The molecule has 0 amide bonds. The number of hydrogen-bond acceptors (Lipinski definition) is 3. The van der Waals surface area contributed by atoms with Gasteiger partial charge in [-0.3, -0.25) is 4.21 Å².